The number of rotatable bonds is 5. The summed E-state index contributed by atoms with van der Waals surface area (Å²) in [5.41, 5.74) is 2.12. The van der Waals surface area contributed by atoms with Crippen LogP contribution >= 0.6 is 0 Å². The van der Waals surface area contributed by atoms with Crippen molar-refractivity contribution >= 4 is 5.97 Å². The Hall–Kier alpha value is -1.39. The second-order valence-corrected chi connectivity index (χ2v) is 5.14. The Kier molecular flexibility index (Phi) is 4.93. The van der Waals surface area contributed by atoms with E-state index in [1.807, 2.05) is 12.1 Å². The van der Waals surface area contributed by atoms with Gasteiger partial charge in [-0.2, -0.15) is 0 Å². The van der Waals surface area contributed by atoms with Gasteiger partial charge < -0.3 is 15.5 Å². The van der Waals surface area contributed by atoms with Crippen LogP contribution in [0.4, 0.5) is 0 Å². The van der Waals surface area contributed by atoms with Crippen molar-refractivity contribution in [2.75, 3.05) is 13.1 Å². The molecule has 0 saturated carbocycles. The topological polar surface area (TPSA) is 69.6 Å². The van der Waals surface area contributed by atoms with Gasteiger partial charge in [0, 0.05) is 6.42 Å². The number of aliphatic hydroxyl groups excluding tert-OH is 1. The van der Waals surface area contributed by atoms with E-state index < -0.39 is 12.1 Å². The van der Waals surface area contributed by atoms with E-state index >= 15 is 0 Å². The molecule has 0 amide bonds. The number of benzene rings is 1. The highest BCUT2D eigenvalue weighted by molar-refractivity contribution is 5.66. The highest BCUT2D eigenvalue weighted by Gasteiger charge is 2.16. The molecule has 4 heteroatoms. The van der Waals surface area contributed by atoms with Crippen molar-refractivity contribution in [1.82, 2.24) is 5.32 Å². The molecule has 1 aliphatic rings. The van der Waals surface area contributed by atoms with Crippen molar-refractivity contribution in [3.05, 3.63) is 35.4 Å². The molecule has 0 aliphatic carbocycles. The number of hydrogen-bond acceptors (Lipinski definition) is 3. The van der Waals surface area contributed by atoms with Gasteiger partial charge in [-0.15, -0.1) is 0 Å². The molecule has 1 aromatic rings. The van der Waals surface area contributed by atoms with Crippen LogP contribution in [0.5, 0.6) is 0 Å². The molecule has 0 bridgehead atoms. The molecule has 1 aromatic carbocycles. The summed E-state index contributed by atoms with van der Waals surface area (Å²) in [6.45, 7) is 2.13. The van der Waals surface area contributed by atoms with Gasteiger partial charge in [0.1, 0.15) is 0 Å². The molecular weight excluding hydrogens is 242 g/mol. The largest absolute Gasteiger partial charge is 0.481 e. The molecule has 2 rings (SSSR count). The average molecular weight is 263 g/mol. The molecule has 1 fully saturated rings. The molecule has 104 valence electrons. The van der Waals surface area contributed by atoms with Crippen LogP contribution in [0.3, 0.4) is 0 Å². The fraction of sp³-hybridized carbons (Fsp3) is 0.533. The number of nitrogens with one attached hydrogen (secondary N) is 1. The van der Waals surface area contributed by atoms with Crippen LogP contribution < -0.4 is 5.32 Å². The number of aliphatic carboxylic acids is 1. The summed E-state index contributed by atoms with van der Waals surface area (Å²) in [6.07, 6.45) is 1.89. The van der Waals surface area contributed by atoms with Crippen LogP contribution in [-0.2, 0) is 4.79 Å². The molecule has 1 saturated heterocycles. The van der Waals surface area contributed by atoms with E-state index in [0.29, 0.717) is 5.92 Å². The maximum absolute atomic E-state index is 10.5. The molecule has 0 spiro atoms. The van der Waals surface area contributed by atoms with Crippen molar-refractivity contribution in [3.8, 4) is 0 Å². The van der Waals surface area contributed by atoms with Gasteiger partial charge >= 0.3 is 5.97 Å². The van der Waals surface area contributed by atoms with Gasteiger partial charge in [0.05, 0.1) is 6.10 Å². The highest BCUT2D eigenvalue weighted by Crippen LogP contribution is 2.27. The van der Waals surface area contributed by atoms with Crippen molar-refractivity contribution in [2.24, 2.45) is 0 Å². The zero-order valence-electron chi connectivity index (χ0n) is 11.0. The first-order chi connectivity index (χ1) is 9.16. The molecule has 3 N–H and O–H groups in total. The predicted molar refractivity (Wildman–Crippen MR) is 73.1 cm³/mol. The van der Waals surface area contributed by atoms with Crippen molar-refractivity contribution in [2.45, 2.75) is 37.7 Å². The Morgan fingerprint density at radius 2 is 1.89 bits per heavy atom. The fourth-order valence-electron chi connectivity index (χ4n) is 2.57. The van der Waals surface area contributed by atoms with Gasteiger partial charge in [-0.05, 0) is 49.4 Å². The average Bonchev–Trinajstić information content (AvgIpc) is 2.46. The summed E-state index contributed by atoms with van der Waals surface area (Å²) in [5.74, 6) is -0.267. The van der Waals surface area contributed by atoms with Crippen molar-refractivity contribution < 1.29 is 15.0 Å². The van der Waals surface area contributed by atoms with E-state index in [9.17, 15) is 9.90 Å². The Labute approximate surface area is 113 Å². The van der Waals surface area contributed by atoms with Crippen LogP contribution in [0.1, 0.15) is 48.8 Å². The van der Waals surface area contributed by atoms with Gasteiger partial charge in [-0.25, -0.2) is 0 Å². The first-order valence-corrected chi connectivity index (χ1v) is 6.87. The monoisotopic (exact) mass is 263 g/mol. The molecule has 1 aliphatic heterocycles. The third-order valence-corrected chi connectivity index (χ3v) is 3.76. The Morgan fingerprint density at radius 3 is 2.47 bits per heavy atom. The Balaban J connectivity index is 1.95. The lowest BCUT2D eigenvalue weighted by Gasteiger charge is -2.23. The van der Waals surface area contributed by atoms with Crippen LogP contribution in [-0.4, -0.2) is 29.3 Å². The first kappa shape index (κ1) is 14.0. The summed E-state index contributed by atoms with van der Waals surface area (Å²) in [7, 11) is 0. The number of carbonyl (C=O) groups is 1. The normalized spacial score (nSPS) is 18.2. The van der Waals surface area contributed by atoms with E-state index in [-0.39, 0.29) is 12.8 Å². The minimum absolute atomic E-state index is 0.00277. The Morgan fingerprint density at radius 1 is 1.26 bits per heavy atom. The van der Waals surface area contributed by atoms with Crippen molar-refractivity contribution in [3.63, 3.8) is 0 Å². The lowest BCUT2D eigenvalue weighted by molar-refractivity contribution is -0.137. The third-order valence-electron chi connectivity index (χ3n) is 3.76. The van der Waals surface area contributed by atoms with Crippen LogP contribution in [0.15, 0.2) is 24.3 Å². The van der Waals surface area contributed by atoms with Gasteiger partial charge in [-0.3, -0.25) is 4.79 Å². The molecule has 1 atom stereocenters. The van der Waals surface area contributed by atoms with E-state index in [1.54, 1.807) is 0 Å². The first-order valence-electron chi connectivity index (χ1n) is 6.87. The minimum Gasteiger partial charge on any atom is -0.481 e. The number of aliphatic hydroxyl groups is 1. The van der Waals surface area contributed by atoms with Crippen LogP contribution in [0.2, 0.25) is 0 Å². The Bertz CT molecular complexity index is 410. The SMILES string of the molecule is O=C(O)CCC(O)c1ccc(C2CCNCC2)cc1. The number of hydrogen-bond donors (Lipinski definition) is 3. The maximum Gasteiger partial charge on any atom is 0.303 e. The summed E-state index contributed by atoms with van der Waals surface area (Å²) >= 11 is 0. The van der Waals surface area contributed by atoms with E-state index in [1.165, 1.54) is 5.56 Å². The lowest BCUT2D eigenvalue weighted by atomic mass is 9.89. The van der Waals surface area contributed by atoms with Gasteiger partial charge in [0.25, 0.3) is 0 Å². The van der Waals surface area contributed by atoms with Crippen LogP contribution in [0.25, 0.3) is 0 Å². The molecular formula is C15H21NO3. The minimum atomic E-state index is -0.870. The smallest absolute Gasteiger partial charge is 0.303 e. The number of carboxylic acids is 1. The molecule has 1 unspecified atom stereocenters. The fourth-order valence-corrected chi connectivity index (χ4v) is 2.57. The van der Waals surface area contributed by atoms with Crippen LogP contribution in [0, 0.1) is 0 Å². The molecule has 0 radical (unpaired) electrons. The molecule has 4 nitrogen and oxygen atoms in total. The standard InChI is InChI=1S/C15H21NO3/c17-14(5-6-15(18)19)13-3-1-11(2-4-13)12-7-9-16-10-8-12/h1-4,12,14,16-17H,5-10H2,(H,18,19). The maximum atomic E-state index is 10.5. The number of carboxylic acid groups (broad SMARTS) is 1. The van der Waals surface area contributed by atoms with Gasteiger partial charge in [-0.1, -0.05) is 24.3 Å². The zero-order chi connectivity index (χ0) is 13.7. The number of piperidine rings is 1. The van der Waals surface area contributed by atoms with E-state index in [2.05, 4.69) is 17.4 Å². The van der Waals surface area contributed by atoms with E-state index in [4.69, 9.17) is 5.11 Å². The molecule has 1 heterocycles. The second kappa shape index (κ2) is 6.68. The predicted octanol–water partition coefficient (Wildman–Crippen LogP) is 2.05. The summed E-state index contributed by atoms with van der Waals surface area (Å²) in [5, 5.41) is 21.8. The lowest BCUT2D eigenvalue weighted by Crippen LogP contribution is -2.26. The van der Waals surface area contributed by atoms with Gasteiger partial charge in [0.15, 0.2) is 0 Å². The summed E-state index contributed by atoms with van der Waals surface area (Å²) < 4.78 is 0. The highest BCUT2D eigenvalue weighted by atomic mass is 16.4. The molecule has 19 heavy (non-hydrogen) atoms. The van der Waals surface area contributed by atoms with E-state index in [0.717, 1.165) is 31.5 Å². The second-order valence-electron chi connectivity index (χ2n) is 5.14. The summed E-state index contributed by atoms with van der Waals surface area (Å²) in [4.78, 5) is 10.5. The quantitative estimate of drug-likeness (QED) is 0.760. The zero-order valence-corrected chi connectivity index (χ0v) is 11.0. The third kappa shape index (κ3) is 4.04. The van der Waals surface area contributed by atoms with Gasteiger partial charge in [0.2, 0.25) is 0 Å². The van der Waals surface area contributed by atoms with Crippen molar-refractivity contribution in [1.29, 1.82) is 0 Å². The summed E-state index contributed by atoms with van der Waals surface area (Å²) in [6, 6.07) is 7.97. The molecule has 0 aromatic heterocycles.